The molecule has 170 valence electrons. The van der Waals surface area contributed by atoms with Crippen LogP contribution in [0.25, 0.3) is 0 Å². The molecule has 0 radical (unpaired) electrons. The Kier molecular flexibility index (Phi) is 9.74. The zero-order chi connectivity index (χ0) is 21.4. The lowest BCUT2D eigenvalue weighted by molar-refractivity contribution is 0.322. The van der Waals surface area contributed by atoms with Crippen LogP contribution in [-0.2, 0) is 11.8 Å². The van der Waals surface area contributed by atoms with Gasteiger partial charge in [0.25, 0.3) is 0 Å². The second-order valence-corrected chi connectivity index (χ2v) is 7.51. The summed E-state index contributed by atoms with van der Waals surface area (Å²) >= 11 is 0. The van der Waals surface area contributed by atoms with Gasteiger partial charge in [-0.05, 0) is 37.8 Å². The fourth-order valence-electron chi connectivity index (χ4n) is 3.73. The quantitative estimate of drug-likeness (QED) is 0.270. The smallest absolute Gasteiger partial charge is 0.203 e. The number of aliphatic imine (C=N–C) groups is 1. The van der Waals surface area contributed by atoms with Crippen molar-refractivity contribution in [2.45, 2.75) is 31.6 Å². The highest BCUT2D eigenvalue weighted by Crippen LogP contribution is 2.48. The molecule has 0 atom stereocenters. The first-order chi connectivity index (χ1) is 14.7. The number of nitrogens with zero attached hydrogens (tertiary/aromatic N) is 1. The highest BCUT2D eigenvalue weighted by molar-refractivity contribution is 14.0. The van der Waals surface area contributed by atoms with Crippen LogP contribution in [0, 0.1) is 0 Å². The normalized spacial score (nSPS) is 14.3. The first kappa shape index (κ1) is 25.1. The maximum Gasteiger partial charge on any atom is 0.203 e. The lowest BCUT2D eigenvalue weighted by atomic mass is 9.96. The van der Waals surface area contributed by atoms with Crippen molar-refractivity contribution >= 4 is 29.9 Å². The number of hydrogen-bond acceptors (Lipinski definition) is 4. The van der Waals surface area contributed by atoms with Gasteiger partial charge in [-0.1, -0.05) is 36.4 Å². The summed E-state index contributed by atoms with van der Waals surface area (Å²) in [6, 6.07) is 14.6. The third-order valence-electron chi connectivity index (χ3n) is 5.60. The molecule has 0 bridgehead atoms. The molecule has 6 nitrogen and oxygen atoms in total. The Labute approximate surface area is 202 Å². The Hall–Kier alpha value is -2.16. The van der Waals surface area contributed by atoms with Crippen molar-refractivity contribution in [3.63, 3.8) is 0 Å². The Morgan fingerprint density at radius 1 is 0.935 bits per heavy atom. The number of hydrogen-bond donors (Lipinski definition) is 2. The Morgan fingerprint density at radius 3 is 2.23 bits per heavy atom. The molecule has 1 saturated carbocycles. The summed E-state index contributed by atoms with van der Waals surface area (Å²) in [6.45, 7) is 4.44. The molecular weight excluding hydrogens is 505 g/mol. The van der Waals surface area contributed by atoms with Gasteiger partial charge in [-0.25, -0.2) is 0 Å². The average molecular weight is 539 g/mol. The Bertz CT molecular complexity index is 855. The molecular formula is C24H34IN3O3. The molecule has 2 aromatic rings. The summed E-state index contributed by atoms with van der Waals surface area (Å²) in [7, 11) is 4.90. The van der Waals surface area contributed by atoms with Crippen molar-refractivity contribution in [1.82, 2.24) is 10.6 Å². The standard InChI is InChI=1S/C24H33N3O3.HI/c1-5-25-23(27-17-24(14-15-24)19-9-7-6-8-10-19)26-16-13-18-11-12-20(28-2)22(30-4)21(18)29-3;/h6-12H,5,13-17H2,1-4H3,(H2,25,26,27);1H. The van der Waals surface area contributed by atoms with Crippen molar-refractivity contribution in [2.24, 2.45) is 4.99 Å². The van der Waals surface area contributed by atoms with Crippen molar-refractivity contribution in [2.75, 3.05) is 41.0 Å². The van der Waals surface area contributed by atoms with Crippen molar-refractivity contribution < 1.29 is 14.2 Å². The fraction of sp³-hybridized carbons (Fsp3) is 0.458. The summed E-state index contributed by atoms with van der Waals surface area (Å²) in [5.74, 6) is 2.84. The number of guanidine groups is 1. The summed E-state index contributed by atoms with van der Waals surface area (Å²) in [4.78, 5) is 4.88. The topological polar surface area (TPSA) is 64.1 Å². The summed E-state index contributed by atoms with van der Waals surface area (Å²) in [5, 5.41) is 6.80. The fourth-order valence-corrected chi connectivity index (χ4v) is 3.73. The lowest BCUT2D eigenvalue weighted by Gasteiger charge is -2.17. The highest BCUT2D eigenvalue weighted by Gasteiger charge is 2.43. The van der Waals surface area contributed by atoms with E-state index >= 15 is 0 Å². The van der Waals surface area contributed by atoms with Crippen LogP contribution < -0.4 is 24.8 Å². The van der Waals surface area contributed by atoms with E-state index in [9.17, 15) is 0 Å². The number of halogens is 1. The third kappa shape index (κ3) is 6.18. The molecule has 0 amide bonds. The minimum absolute atomic E-state index is 0. The highest BCUT2D eigenvalue weighted by atomic mass is 127. The van der Waals surface area contributed by atoms with Gasteiger partial charge in [0, 0.05) is 24.1 Å². The van der Waals surface area contributed by atoms with E-state index in [1.165, 1.54) is 18.4 Å². The number of rotatable bonds is 10. The van der Waals surface area contributed by atoms with Crippen LogP contribution in [-0.4, -0.2) is 46.9 Å². The molecule has 0 saturated heterocycles. The van der Waals surface area contributed by atoms with Crippen molar-refractivity contribution in [3.05, 3.63) is 53.6 Å². The van der Waals surface area contributed by atoms with Gasteiger partial charge in [0.15, 0.2) is 17.5 Å². The maximum atomic E-state index is 5.59. The van der Waals surface area contributed by atoms with Crippen molar-refractivity contribution in [3.8, 4) is 17.2 Å². The van der Waals surface area contributed by atoms with Crippen molar-refractivity contribution in [1.29, 1.82) is 0 Å². The monoisotopic (exact) mass is 539 g/mol. The van der Waals surface area contributed by atoms with Crippen LogP contribution in [0.5, 0.6) is 17.2 Å². The molecule has 1 aliphatic rings. The van der Waals surface area contributed by atoms with E-state index in [1.807, 2.05) is 12.1 Å². The molecule has 0 aliphatic heterocycles. The van der Waals surface area contributed by atoms with Gasteiger partial charge in [0.1, 0.15) is 0 Å². The van der Waals surface area contributed by atoms with E-state index in [2.05, 4.69) is 47.9 Å². The van der Waals surface area contributed by atoms with Crippen LogP contribution in [0.4, 0.5) is 0 Å². The van der Waals surface area contributed by atoms with E-state index in [-0.39, 0.29) is 29.4 Å². The second-order valence-electron chi connectivity index (χ2n) is 7.51. The zero-order valence-corrected chi connectivity index (χ0v) is 21.2. The van der Waals surface area contributed by atoms with Gasteiger partial charge < -0.3 is 24.8 Å². The predicted molar refractivity (Wildman–Crippen MR) is 137 cm³/mol. The number of nitrogens with one attached hydrogen (secondary N) is 2. The van der Waals surface area contributed by atoms with E-state index < -0.39 is 0 Å². The molecule has 1 aliphatic carbocycles. The van der Waals surface area contributed by atoms with Crippen LogP contribution in [0.2, 0.25) is 0 Å². The lowest BCUT2D eigenvalue weighted by Crippen LogP contribution is -2.39. The van der Waals surface area contributed by atoms with E-state index in [0.717, 1.165) is 37.6 Å². The van der Waals surface area contributed by atoms with Gasteiger partial charge in [-0.3, -0.25) is 4.99 Å². The minimum atomic E-state index is 0. The van der Waals surface area contributed by atoms with E-state index in [0.29, 0.717) is 17.2 Å². The SMILES string of the molecule is CCNC(=NCC1(c2ccccc2)CC1)NCCc1ccc(OC)c(OC)c1OC.I. The molecule has 1 fully saturated rings. The van der Waals surface area contributed by atoms with Crippen LogP contribution >= 0.6 is 24.0 Å². The first-order valence-electron chi connectivity index (χ1n) is 10.5. The molecule has 0 unspecified atom stereocenters. The van der Waals surface area contributed by atoms with E-state index in [4.69, 9.17) is 19.2 Å². The van der Waals surface area contributed by atoms with Gasteiger partial charge in [-0.15, -0.1) is 24.0 Å². The first-order valence-corrected chi connectivity index (χ1v) is 10.5. The molecule has 0 heterocycles. The second kappa shape index (κ2) is 12.0. The minimum Gasteiger partial charge on any atom is -0.493 e. The van der Waals surface area contributed by atoms with E-state index in [1.54, 1.807) is 21.3 Å². The van der Waals surface area contributed by atoms with Crippen LogP contribution in [0.15, 0.2) is 47.5 Å². The molecule has 2 aromatic carbocycles. The van der Waals surface area contributed by atoms with Gasteiger partial charge in [-0.2, -0.15) is 0 Å². The van der Waals surface area contributed by atoms with Crippen LogP contribution in [0.3, 0.4) is 0 Å². The molecule has 31 heavy (non-hydrogen) atoms. The molecule has 0 spiro atoms. The average Bonchev–Trinajstić information content (AvgIpc) is 3.58. The van der Waals surface area contributed by atoms with Gasteiger partial charge >= 0.3 is 0 Å². The largest absolute Gasteiger partial charge is 0.493 e. The van der Waals surface area contributed by atoms with Crippen LogP contribution in [0.1, 0.15) is 30.9 Å². The number of methoxy groups -OCH3 is 3. The Balaban J connectivity index is 0.00000341. The maximum absolute atomic E-state index is 5.59. The number of benzene rings is 2. The zero-order valence-electron chi connectivity index (χ0n) is 18.9. The molecule has 0 aromatic heterocycles. The van der Waals surface area contributed by atoms with Gasteiger partial charge in [0.2, 0.25) is 5.75 Å². The summed E-state index contributed by atoms with van der Waals surface area (Å²) < 4.78 is 16.4. The third-order valence-corrected chi connectivity index (χ3v) is 5.60. The molecule has 3 rings (SSSR count). The summed E-state index contributed by atoms with van der Waals surface area (Å²) in [5.41, 5.74) is 2.65. The summed E-state index contributed by atoms with van der Waals surface area (Å²) in [6.07, 6.45) is 3.17. The molecule has 7 heteroatoms. The Morgan fingerprint density at radius 2 is 1.65 bits per heavy atom. The number of ether oxygens (including phenoxy) is 3. The predicted octanol–water partition coefficient (Wildman–Crippen LogP) is 4.16. The van der Waals surface area contributed by atoms with Gasteiger partial charge in [0.05, 0.1) is 27.9 Å². The molecule has 2 N–H and O–H groups in total.